The lowest BCUT2D eigenvalue weighted by atomic mass is 9.97. The van der Waals surface area contributed by atoms with Crippen LogP contribution in [-0.4, -0.2) is 29.4 Å². The Balaban J connectivity index is 2.15. The first-order valence-electron chi connectivity index (χ1n) is 7.62. The van der Waals surface area contributed by atoms with Gasteiger partial charge in [0.2, 0.25) is 5.91 Å². The largest absolute Gasteiger partial charge is 0.335 e. The van der Waals surface area contributed by atoms with E-state index in [2.05, 4.69) is 51.2 Å². The zero-order valence-corrected chi connectivity index (χ0v) is 13.0. The van der Waals surface area contributed by atoms with E-state index < -0.39 is 0 Å². The number of rotatable bonds is 4. The highest BCUT2D eigenvalue weighted by atomic mass is 16.2. The van der Waals surface area contributed by atoms with Gasteiger partial charge in [-0.05, 0) is 37.8 Å². The first-order valence-corrected chi connectivity index (χ1v) is 7.62. The fourth-order valence-electron chi connectivity index (χ4n) is 3.06. The van der Waals surface area contributed by atoms with Crippen molar-refractivity contribution in [3.8, 4) is 0 Å². The Bertz CT molecular complexity index is 470. The summed E-state index contributed by atoms with van der Waals surface area (Å²) in [6, 6.07) is 8.83. The molecule has 1 aliphatic rings. The summed E-state index contributed by atoms with van der Waals surface area (Å²) in [5.74, 6) is 0.251. The summed E-state index contributed by atoms with van der Waals surface area (Å²) in [6.45, 7) is 9.31. The standard InChI is InChI=1S/C17H26N2O/c1-12(2)18-16-10-7-11-19(17(16)20)14(4)15-9-6-5-8-13(15)3/h5-6,8-9,12,14,16,18H,7,10-11H2,1-4H3. The van der Waals surface area contributed by atoms with E-state index in [1.807, 2.05) is 11.0 Å². The van der Waals surface area contributed by atoms with E-state index in [0.717, 1.165) is 19.4 Å². The third-order valence-corrected chi connectivity index (χ3v) is 4.11. The Labute approximate surface area is 122 Å². The van der Waals surface area contributed by atoms with Gasteiger partial charge in [0.05, 0.1) is 12.1 Å². The van der Waals surface area contributed by atoms with E-state index in [-0.39, 0.29) is 18.0 Å². The van der Waals surface area contributed by atoms with Crippen LogP contribution in [0.1, 0.15) is 50.8 Å². The highest BCUT2D eigenvalue weighted by Gasteiger charge is 2.32. The molecule has 0 aromatic heterocycles. The lowest BCUT2D eigenvalue weighted by Gasteiger charge is -2.38. The average Bonchev–Trinajstić information content (AvgIpc) is 2.40. The molecule has 1 fully saturated rings. The molecule has 110 valence electrons. The topological polar surface area (TPSA) is 32.3 Å². The van der Waals surface area contributed by atoms with Gasteiger partial charge in [0.25, 0.3) is 0 Å². The molecule has 0 bridgehead atoms. The molecule has 0 radical (unpaired) electrons. The van der Waals surface area contributed by atoms with Gasteiger partial charge in [-0.2, -0.15) is 0 Å². The third kappa shape index (κ3) is 3.21. The van der Waals surface area contributed by atoms with Crippen molar-refractivity contribution in [3.63, 3.8) is 0 Å². The molecule has 20 heavy (non-hydrogen) atoms. The molecule has 3 heteroatoms. The molecule has 1 amide bonds. The minimum Gasteiger partial charge on any atom is -0.335 e. The van der Waals surface area contributed by atoms with Gasteiger partial charge < -0.3 is 10.2 Å². The molecule has 1 aromatic carbocycles. The van der Waals surface area contributed by atoms with Gasteiger partial charge >= 0.3 is 0 Å². The van der Waals surface area contributed by atoms with E-state index in [4.69, 9.17) is 0 Å². The number of nitrogens with zero attached hydrogens (tertiary/aromatic N) is 1. The number of carbonyl (C=O) groups is 1. The van der Waals surface area contributed by atoms with Crippen LogP contribution in [-0.2, 0) is 4.79 Å². The second kappa shape index (κ2) is 6.40. The molecule has 1 heterocycles. The summed E-state index contributed by atoms with van der Waals surface area (Å²) >= 11 is 0. The molecular formula is C17H26N2O. The monoisotopic (exact) mass is 274 g/mol. The summed E-state index contributed by atoms with van der Waals surface area (Å²) < 4.78 is 0. The van der Waals surface area contributed by atoms with Crippen LogP contribution < -0.4 is 5.32 Å². The number of carbonyl (C=O) groups excluding carboxylic acids is 1. The van der Waals surface area contributed by atoms with Crippen LogP contribution in [0.25, 0.3) is 0 Å². The van der Waals surface area contributed by atoms with E-state index in [0.29, 0.717) is 6.04 Å². The van der Waals surface area contributed by atoms with Gasteiger partial charge in [-0.1, -0.05) is 38.1 Å². The fraction of sp³-hybridized carbons (Fsp3) is 0.588. The molecule has 1 aliphatic heterocycles. The highest BCUT2D eigenvalue weighted by Crippen LogP contribution is 2.27. The smallest absolute Gasteiger partial charge is 0.240 e. The zero-order valence-electron chi connectivity index (χ0n) is 13.0. The molecular weight excluding hydrogens is 248 g/mol. The minimum atomic E-state index is -0.0183. The Morgan fingerprint density at radius 1 is 1.25 bits per heavy atom. The number of hydrogen-bond donors (Lipinski definition) is 1. The maximum absolute atomic E-state index is 12.7. The number of hydrogen-bond acceptors (Lipinski definition) is 2. The molecule has 1 saturated heterocycles. The maximum Gasteiger partial charge on any atom is 0.240 e. The molecule has 1 N–H and O–H groups in total. The van der Waals surface area contributed by atoms with Crippen LogP contribution in [0.4, 0.5) is 0 Å². The SMILES string of the molecule is Cc1ccccc1C(C)N1CCCC(NC(C)C)C1=O. The fourth-order valence-corrected chi connectivity index (χ4v) is 3.06. The van der Waals surface area contributed by atoms with Gasteiger partial charge in [0.15, 0.2) is 0 Å². The van der Waals surface area contributed by atoms with Gasteiger partial charge in [-0.3, -0.25) is 4.79 Å². The van der Waals surface area contributed by atoms with E-state index in [1.54, 1.807) is 0 Å². The van der Waals surface area contributed by atoms with Crippen LogP contribution in [0.3, 0.4) is 0 Å². The van der Waals surface area contributed by atoms with Crippen LogP contribution in [0.5, 0.6) is 0 Å². The number of benzene rings is 1. The van der Waals surface area contributed by atoms with Crippen LogP contribution in [0, 0.1) is 6.92 Å². The van der Waals surface area contributed by atoms with Crippen molar-refractivity contribution in [2.45, 2.75) is 58.7 Å². The number of amides is 1. The summed E-state index contributed by atoms with van der Waals surface area (Å²) in [6.07, 6.45) is 2.03. The molecule has 0 saturated carbocycles. The second-order valence-corrected chi connectivity index (χ2v) is 6.08. The molecule has 0 spiro atoms. The van der Waals surface area contributed by atoms with E-state index >= 15 is 0 Å². The van der Waals surface area contributed by atoms with Gasteiger partial charge in [-0.15, -0.1) is 0 Å². The Kier molecular flexibility index (Phi) is 4.81. The number of piperidine rings is 1. The molecule has 2 atom stereocenters. The van der Waals surface area contributed by atoms with Crippen LogP contribution in [0.2, 0.25) is 0 Å². The summed E-state index contributed by atoms with van der Waals surface area (Å²) in [5, 5.41) is 3.39. The van der Waals surface area contributed by atoms with Crippen molar-refractivity contribution >= 4 is 5.91 Å². The summed E-state index contributed by atoms with van der Waals surface area (Å²) in [5.41, 5.74) is 2.51. The van der Waals surface area contributed by atoms with Gasteiger partial charge in [0, 0.05) is 12.6 Å². The van der Waals surface area contributed by atoms with Crippen molar-refractivity contribution in [2.75, 3.05) is 6.54 Å². The molecule has 2 unspecified atom stereocenters. The molecule has 3 nitrogen and oxygen atoms in total. The minimum absolute atomic E-state index is 0.0183. The van der Waals surface area contributed by atoms with Gasteiger partial charge in [-0.25, -0.2) is 0 Å². The summed E-state index contributed by atoms with van der Waals surface area (Å²) in [7, 11) is 0. The van der Waals surface area contributed by atoms with Crippen molar-refractivity contribution in [1.82, 2.24) is 10.2 Å². The third-order valence-electron chi connectivity index (χ3n) is 4.11. The van der Waals surface area contributed by atoms with Crippen molar-refractivity contribution in [3.05, 3.63) is 35.4 Å². The molecule has 2 rings (SSSR count). The van der Waals surface area contributed by atoms with Crippen LogP contribution >= 0.6 is 0 Å². The van der Waals surface area contributed by atoms with Crippen molar-refractivity contribution in [1.29, 1.82) is 0 Å². The predicted molar refractivity (Wildman–Crippen MR) is 82.6 cm³/mol. The Morgan fingerprint density at radius 2 is 1.95 bits per heavy atom. The number of aryl methyl sites for hydroxylation is 1. The van der Waals surface area contributed by atoms with Crippen molar-refractivity contribution in [2.24, 2.45) is 0 Å². The van der Waals surface area contributed by atoms with Gasteiger partial charge in [0.1, 0.15) is 0 Å². The summed E-state index contributed by atoms with van der Waals surface area (Å²) in [4.78, 5) is 14.7. The first-order chi connectivity index (χ1) is 9.50. The Morgan fingerprint density at radius 3 is 2.60 bits per heavy atom. The second-order valence-electron chi connectivity index (χ2n) is 6.08. The van der Waals surface area contributed by atoms with Crippen molar-refractivity contribution < 1.29 is 4.79 Å². The Hall–Kier alpha value is -1.35. The van der Waals surface area contributed by atoms with E-state index in [9.17, 15) is 4.79 Å². The highest BCUT2D eigenvalue weighted by molar-refractivity contribution is 5.83. The lowest BCUT2D eigenvalue weighted by Crippen LogP contribution is -2.52. The number of likely N-dealkylation sites (tertiary alicyclic amines) is 1. The first kappa shape index (κ1) is 15.0. The normalized spacial score (nSPS) is 21.4. The maximum atomic E-state index is 12.7. The average molecular weight is 274 g/mol. The molecule has 0 aliphatic carbocycles. The zero-order chi connectivity index (χ0) is 14.7. The predicted octanol–water partition coefficient (Wildman–Crippen LogP) is 3.05. The molecule has 1 aromatic rings. The quantitative estimate of drug-likeness (QED) is 0.915. The van der Waals surface area contributed by atoms with Crippen LogP contribution in [0.15, 0.2) is 24.3 Å². The lowest BCUT2D eigenvalue weighted by molar-refractivity contribution is -0.138. The number of nitrogens with one attached hydrogen (secondary N) is 1. The van der Waals surface area contributed by atoms with E-state index in [1.165, 1.54) is 11.1 Å².